The number of rotatable bonds is 1. The van der Waals surface area contributed by atoms with Crippen molar-refractivity contribution in [3.63, 3.8) is 0 Å². The lowest BCUT2D eigenvalue weighted by Gasteiger charge is -2.07. The van der Waals surface area contributed by atoms with Gasteiger partial charge in [-0.15, -0.1) is 0 Å². The zero-order valence-electron chi connectivity index (χ0n) is 6.75. The van der Waals surface area contributed by atoms with E-state index >= 15 is 0 Å². The molecule has 0 bridgehead atoms. The van der Waals surface area contributed by atoms with Gasteiger partial charge in [-0.1, -0.05) is 0 Å². The Labute approximate surface area is 71.4 Å². The summed E-state index contributed by atoms with van der Waals surface area (Å²) in [4.78, 5) is 3.15. The summed E-state index contributed by atoms with van der Waals surface area (Å²) in [7, 11) is 0. The minimum absolute atomic E-state index is 0.0401. The molecule has 0 aliphatic carbocycles. The lowest BCUT2D eigenvalue weighted by molar-refractivity contribution is 0.605. The molecule has 2 rings (SSSR count). The van der Waals surface area contributed by atoms with Gasteiger partial charge in [-0.05, 0) is 25.0 Å². The number of aromatic amines is 1. The molecule has 62 valence electrons. The van der Waals surface area contributed by atoms with Crippen LogP contribution in [-0.4, -0.2) is 11.0 Å². The summed E-state index contributed by atoms with van der Waals surface area (Å²) >= 11 is 0. The minimum Gasteiger partial charge on any atom is -0.364 e. The Hall–Kier alpha value is -1.27. The van der Waals surface area contributed by atoms with Crippen LogP contribution in [0.2, 0.25) is 0 Å². The predicted molar refractivity (Wildman–Crippen MR) is 45.3 cm³/mol. The Morgan fingerprint density at radius 1 is 1.50 bits per heavy atom. The molecule has 2 atom stereocenters. The molecule has 1 aliphatic heterocycles. The highest BCUT2D eigenvalue weighted by molar-refractivity contribution is 5.13. The number of aromatic nitrogens is 1. The van der Waals surface area contributed by atoms with E-state index in [2.05, 4.69) is 22.4 Å². The van der Waals surface area contributed by atoms with E-state index in [9.17, 15) is 0 Å². The maximum absolute atomic E-state index is 8.66. The number of H-pyrrole nitrogens is 1. The van der Waals surface area contributed by atoms with Gasteiger partial charge >= 0.3 is 0 Å². The van der Waals surface area contributed by atoms with Crippen molar-refractivity contribution in [2.45, 2.75) is 24.9 Å². The lowest BCUT2D eigenvalue weighted by Crippen LogP contribution is -2.22. The highest BCUT2D eigenvalue weighted by atomic mass is 15.0. The van der Waals surface area contributed by atoms with E-state index in [4.69, 9.17) is 5.26 Å². The standard InChI is InChI=1S/C9H11N3/c10-6-7-3-4-9(12-7)8-2-1-5-11-8/h1-2,5,7,9,11-12H,3-4H2. The van der Waals surface area contributed by atoms with Crippen molar-refractivity contribution in [1.82, 2.24) is 10.3 Å². The summed E-state index contributed by atoms with van der Waals surface area (Å²) in [5.41, 5.74) is 1.19. The van der Waals surface area contributed by atoms with E-state index in [0.717, 1.165) is 12.8 Å². The second-order valence-electron chi connectivity index (χ2n) is 3.10. The largest absolute Gasteiger partial charge is 0.364 e. The van der Waals surface area contributed by atoms with Crippen LogP contribution in [0.4, 0.5) is 0 Å². The predicted octanol–water partition coefficient (Wildman–Crippen LogP) is 1.33. The second-order valence-corrected chi connectivity index (χ2v) is 3.10. The molecular formula is C9H11N3. The summed E-state index contributed by atoms with van der Waals surface area (Å²) < 4.78 is 0. The second kappa shape index (κ2) is 3.00. The van der Waals surface area contributed by atoms with E-state index in [-0.39, 0.29) is 6.04 Å². The first-order valence-corrected chi connectivity index (χ1v) is 4.19. The number of hydrogen-bond donors (Lipinski definition) is 2. The van der Waals surface area contributed by atoms with Gasteiger partial charge in [0.05, 0.1) is 12.1 Å². The van der Waals surface area contributed by atoms with E-state index in [1.165, 1.54) is 5.69 Å². The van der Waals surface area contributed by atoms with E-state index < -0.39 is 0 Å². The molecule has 1 aromatic heterocycles. The maximum Gasteiger partial charge on any atom is 0.0958 e. The fourth-order valence-electron chi connectivity index (χ4n) is 1.65. The van der Waals surface area contributed by atoms with Crippen LogP contribution >= 0.6 is 0 Å². The number of hydrogen-bond acceptors (Lipinski definition) is 2. The van der Waals surface area contributed by atoms with E-state index in [1.807, 2.05) is 12.3 Å². The quantitative estimate of drug-likeness (QED) is 0.652. The Bertz CT molecular complexity index is 283. The van der Waals surface area contributed by atoms with Gasteiger partial charge in [0.1, 0.15) is 0 Å². The average Bonchev–Trinajstić information content (AvgIpc) is 2.75. The van der Waals surface area contributed by atoms with Gasteiger partial charge in [-0.25, -0.2) is 0 Å². The van der Waals surface area contributed by atoms with E-state index in [0.29, 0.717) is 6.04 Å². The highest BCUT2D eigenvalue weighted by Gasteiger charge is 2.24. The normalized spacial score (nSPS) is 28.6. The zero-order valence-corrected chi connectivity index (χ0v) is 6.75. The van der Waals surface area contributed by atoms with Crippen LogP contribution < -0.4 is 5.32 Å². The van der Waals surface area contributed by atoms with Gasteiger partial charge in [-0.2, -0.15) is 5.26 Å². The molecule has 1 aromatic rings. The van der Waals surface area contributed by atoms with Crippen molar-refractivity contribution >= 4 is 0 Å². The molecule has 0 amide bonds. The molecule has 0 aromatic carbocycles. The molecule has 0 saturated carbocycles. The average molecular weight is 161 g/mol. The molecule has 1 fully saturated rings. The summed E-state index contributed by atoms with van der Waals surface area (Å²) in [6.07, 6.45) is 3.93. The molecule has 3 nitrogen and oxygen atoms in total. The molecule has 0 spiro atoms. The van der Waals surface area contributed by atoms with Crippen LogP contribution in [0.25, 0.3) is 0 Å². The topological polar surface area (TPSA) is 51.6 Å². The van der Waals surface area contributed by atoms with Crippen LogP contribution in [0.15, 0.2) is 18.3 Å². The highest BCUT2D eigenvalue weighted by Crippen LogP contribution is 2.24. The number of nitrogens with one attached hydrogen (secondary N) is 2. The summed E-state index contributed by atoms with van der Waals surface area (Å²) in [6, 6.07) is 6.66. The van der Waals surface area contributed by atoms with Gasteiger partial charge < -0.3 is 4.98 Å². The van der Waals surface area contributed by atoms with Gasteiger partial charge in [0.15, 0.2) is 0 Å². The Morgan fingerprint density at radius 3 is 3.00 bits per heavy atom. The molecule has 3 heteroatoms. The van der Waals surface area contributed by atoms with Gasteiger partial charge in [0, 0.05) is 17.9 Å². The third-order valence-corrected chi connectivity index (χ3v) is 2.30. The van der Waals surface area contributed by atoms with Gasteiger partial charge in [-0.3, -0.25) is 5.32 Å². The van der Waals surface area contributed by atoms with Gasteiger partial charge in [0.25, 0.3) is 0 Å². The van der Waals surface area contributed by atoms with Crippen molar-refractivity contribution in [1.29, 1.82) is 5.26 Å². The van der Waals surface area contributed by atoms with Crippen molar-refractivity contribution in [2.75, 3.05) is 0 Å². The summed E-state index contributed by atoms with van der Waals surface area (Å²) in [5, 5.41) is 11.9. The van der Waals surface area contributed by atoms with Crippen molar-refractivity contribution in [2.24, 2.45) is 0 Å². The molecule has 12 heavy (non-hydrogen) atoms. The van der Waals surface area contributed by atoms with Gasteiger partial charge in [0.2, 0.25) is 0 Å². The first-order valence-electron chi connectivity index (χ1n) is 4.19. The summed E-state index contributed by atoms with van der Waals surface area (Å²) in [6.45, 7) is 0. The minimum atomic E-state index is 0.0401. The zero-order chi connectivity index (χ0) is 8.39. The maximum atomic E-state index is 8.66. The third-order valence-electron chi connectivity index (χ3n) is 2.30. The number of nitrogens with zero attached hydrogens (tertiary/aromatic N) is 1. The van der Waals surface area contributed by atoms with Crippen molar-refractivity contribution in [3.8, 4) is 6.07 Å². The van der Waals surface area contributed by atoms with E-state index in [1.54, 1.807) is 0 Å². The fraction of sp³-hybridized carbons (Fsp3) is 0.444. The van der Waals surface area contributed by atoms with Crippen molar-refractivity contribution < 1.29 is 0 Å². The Kier molecular flexibility index (Phi) is 1.84. The lowest BCUT2D eigenvalue weighted by atomic mass is 10.1. The molecule has 2 N–H and O–H groups in total. The fourth-order valence-corrected chi connectivity index (χ4v) is 1.65. The molecule has 1 aliphatic rings. The molecule has 2 unspecified atom stereocenters. The van der Waals surface area contributed by atoms with Crippen molar-refractivity contribution in [3.05, 3.63) is 24.0 Å². The Balaban J connectivity index is 2.06. The molecule has 0 radical (unpaired) electrons. The SMILES string of the molecule is N#CC1CCC(c2ccc[nH]2)N1. The third kappa shape index (κ3) is 1.21. The Morgan fingerprint density at radius 2 is 2.42 bits per heavy atom. The van der Waals surface area contributed by atoms with Crippen LogP contribution in [-0.2, 0) is 0 Å². The van der Waals surface area contributed by atoms with Crippen LogP contribution in [0.1, 0.15) is 24.6 Å². The van der Waals surface area contributed by atoms with Crippen LogP contribution in [0.3, 0.4) is 0 Å². The molecular weight excluding hydrogens is 150 g/mol. The first kappa shape index (κ1) is 7.38. The first-order chi connectivity index (χ1) is 5.90. The molecule has 1 saturated heterocycles. The van der Waals surface area contributed by atoms with Crippen LogP contribution in [0, 0.1) is 11.3 Å². The monoisotopic (exact) mass is 161 g/mol. The summed E-state index contributed by atoms with van der Waals surface area (Å²) in [5.74, 6) is 0. The van der Waals surface area contributed by atoms with Crippen LogP contribution in [0.5, 0.6) is 0 Å². The number of nitriles is 1. The smallest absolute Gasteiger partial charge is 0.0958 e. The molecule has 2 heterocycles.